The van der Waals surface area contributed by atoms with Gasteiger partial charge in [0.1, 0.15) is 6.61 Å². The summed E-state index contributed by atoms with van der Waals surface area (Å²) in [6.45, 7) is 2.75. The Morgan fingerprint density at radius 3 is 2.48 bits per heavy atom. The van der Waals surface area contributed by atoms with Crippen LogP contribution in [0.15, 0.2) is 42.5 Å². The molecule has 0 atom stereocenters. The second kappa shape index (κ2) is 12.5. The van der Waals surface area contributed by atoms with Gasteiger partial charge in [-0.1, -0.05) is 17.7 Å². The van der Waals surface area contributed by atoms with Crippen LogP contribution in [0.3, 0.4) is 0 Å². The molecule has 0 heterocycles. The van der Waals surface area contributed by atoms with Gasteiger partial charge < -0.3 is 24.3 Å². The minimum Gasteiger partial charge on any atom is -0.491 e. The highest BCUT2D eigenvalue weighted by molar-refractivity contribution is 6.32. The fraction of sp³-hybridized carbons (Fsp3) is 0.273. The van der Waals surface area contributed by atoms with Gasteiger partial charge in [0, 0.05) is 24.6 Å². The molecule has 0 bridgehead atoms. The largest absolute Gasteiger partial charge is 0.491 e. The first-order chi connectivity index (χ1) is 15.0. The quantitative estimate of drug-likeness (QED) is 0.407. The number of halogens is 1. The molecule has 2 aromatic carbocycles. The van der Waals surface area contributed by atoms with Crippen LogP contribution in [-0.4, -0.2) is 46.0 Å². The average Bonchev–Trinajstić information content (AvgIpc) is 2.73. The number of carbonyl (C=O) groups is 2. The van der Waals surface area contributed by atoms with Crippen LogP contribution in [0, 0.1) is 0 Å². The van der Waals surface area contributed by atoms with Gasteiger partial charge in [-0.2, -0.15) is 0 Å². The minimum atomic E-state index is -0.609. The van der Waals surface area contributed by atoms with Crippen molar-refractivity contribution < 1.29 is 28.5 Å². The Balaban J connectivity index is 2.01. The molecule has 0 aliphatic heterocycles. The third-order valence-electron chi connectivity index (χ3n) is 3.86. The first-order valence-corrected chi connectivity index (χ1v) is 9.86. The van der Waals surface area contributed by atoms with Crippen molar-refractivity contribution in [3.8, 4) is 11.5 Å². The Kier molecular flexibility index (Phi) is 9.67. The number of methoxy groups -OCH3 is 2. The number of anilines is 2. The van der Waals surface area contributed by atoms with Crippen molar-refractivity contribution in [3.63, 3.8) is 0 Å². The fourth-order valence-electron chi connectivity index (χ4n) is 2.55. The van der Waals surface area contributed by atoms with Gasteiger partial charge in [-0.3, -0.25) is 10.1 Å². The lowest BCUT2D eigenvalue weighted by Crippen LogP contribution is -2.16. The lowest BCUT2D eigenvalue weighted by atomic mass is 10.2. The topological polar surface area (TPSA) is 95.1 Å². The van der Waals surface area contributed by atoms with Crippen LogP contribution < -0.4 is 20.1 Å². The highest BCUT2D eigenvalue weighted by atomic mass is 35.5. The second-order valence-corrected chi connectivity index (χ2v) is 6.53. The number of amides is 2. The second-order valence-electron chi connectivity index (χ2n) is 6.12. The van der Waals surface area contributed by atoms with Crippen LogP contribution in [0.25, 0.3) is 6.08 Å². The highest BCUT2D eigenvalue weighted by Gasteiger charge is 2.11. The van der Waals surface area contributed by atoms with Crippen molar-refractivity contribution in [3.05, 3.63) is 53.1 Å². The zero-order chi connectivity index (χ0) is 22.6. The number of rotatable bonds is 10. The van der Waals surface area contributed by atoms with E-state index in [0.29, 0.717) is 46.7 Å². The molecule has 2 amide bonds. The van der Waals surface area contributed by atoms with Crippen LogP contribution in [-0.2, 0) is 14.3 Å². The van der Waals surface area contributed by atoms with E-state index in [1.165, 1.54) is 20.3 Å². The third-order valence-corrected chi connectivity index (χ3v) is 4.14. The van der Waals surface area contributed by atoms with Gasteiger partial charge in [-0.05, 0) is 48.9 Å². The van der Waals surface area contributed by atoms with Gasteiger partial charge in [0.15, 0.2) is 11.5 Å². The fourth-order valence-corrected chi connectivity index (χ4v) is 2.84. The van der Waals surface area contributed by atoms with Crippen LogP contribution in [0.4, 0.5) is 16.2 Å². The maximum absolute atomic E-state index is 12.3. The van der Waals surface area contributed by atoms with Crippen molar-refractivity contribution in [1.29, 1.82) is 0 Å². The number of hydrogen-bond donors (Lipinski definition) is 2. The molecule has 2 N–H and O–H groups in total. The number of benzene rings is 2. The van der Waals surface area contributed by atoms with Crippen LogP contribution >= 0.6 is 11.6 Å². The molecule has 0 fully saturated rings. The highest BCUT2D eigenvalue weighted by Crippen LogP contribution is 2.36. The van der Waals surface area contributed by atoms with Crippen molar-refractivity contribution in [2.75, 3.05) is 44.7 Å². The molecular weight excluding hydrogens is 424 g/mol. The molecular formula is C22H25ClN2O6. The van der Waals surface area contributed by atoms with Gasteiger partial charge >= 0.3 is 6.09 Å². The summed E-state index contributed by atoms with van der Waals surface area (Å²) in [6, 6.07) is 10.1. The molecule has 0 saturated carbocycles. The third kappa shape index (κ3) is 7.84. The summed E-state index contributed by atoms with van der Waals surface area (Å²) in [6.07, 6.45) is 2.37. The number of nitrogens with one attached hydrogen (secondary N) is 2. The predicted molar refractivity (Wildman–Crippen MR) is 120 cm³/mol. The van der Waals surface area contributed by atoms with E-state index in [9.17, 15) is 9.59 Å². The summed E-state index contributed by atoms with van der Waals surface area (Å²) >= 11 is 6.22. The molecule has 31 heavy (non-hydrogen) atoms. The number of ether oxygens (including phenoxy) is 4. The summed E-state index contributed by atoms with van der Waals surface area (Å²) in [7, 11) is 3.03. The maximum Gasteiger partial charge on any atom is 0.411 e. The minimum absolute atomic E-state index is 0.143. The smallest absolute Gasteiger partial charge is 0.411 e. The molecule has 0 spiro atoms. The first kappa shape index (κ1) is 24.0. The van der Waals surface area contributed by atoms with Crippen molar-refractivity contribution in [1.82, 2.24) is 0 Å². The summed E-state index contributed by atoms with van der Waals surface area (Å²) < 4.78 is 20.5. The Bertz CT molecular complexity index is 932. The van der Waals surface area contributed by atoms with Gasteiger partial charge in [-0.15, -0.1) is 0 Å². The predicted octanol–water partition coefficient (Wildman–Crippen LogP) is 4.59. The van der Waals surface area contributed by atoms with Gasteiger partial charge in [-0.25, -0.2) is 4.79 Å². The summed E-state index contributed by atoms with van der Waals surface area (Å²) in [5, 5.41) is 5.69. The molecule has 0 radical (unpaired) electrons. The van der Waals surface area contributed by atoms with Gasteiger partial charge in [0.05, 0.1) is 25.3 Å². The number of carbonyl (C=O) groups excluding carboxylic acids is 2. The van der Waals surface area contributed by atoms with E-state index in [2.05, 4.69) is 10.6 Å². The SMILES string of the molecule is CCOc1cc(/C=C/C(=O)Nc2cccc(NC(=O)OCCOC)c2)cc(Cl)c1OC. The van der Waals surface area contributed by atoms with Crippen molar-refractivity contribution in [2.45, 2.75) is 6.92 Å². The molecule has 0 aliphatic carbocycles. The zero-order valence-electron chi connectivity index (χ0n) is 17.6. The molecule has 0 aromatic heterocycles. The molecule has 8 nitrogen and oxygen atoms in total. The standard InChI is InChI=1S/C22H25ClN2O6/c1-4-30-19-13-15(12-18(23)21(19)29-3)8-9-20(26)24-16-6-5-7-17(14-16)25-22(27)31-11-10-28-2/h5-9,12-14H,4,10-11H2,1-3H3,(H,24,26)(H,25,27)/b9-8+. The zero-order valence-corrected chi connectivity index (χ0v) is 18.3. The first-order valence-electron chi connectivity index (χ1n) is 9.49. The summed E-state index contributed by atoms with van der Waals surface area (Å²) in [5.74, 6) is 0.577. The molecule has 2 rings (SSSR count). The molecule has 2 aromatic rings. The van der Waals surface area contributed by atoms with Gasteiger partial charge in [0.2, 0.25) is 5.91 Å². The van der Waals surface area contributed by atoms with E-state index in [4.69, 9.17) is 30.5 Å². The lowest BCUT2D eigenvalue weighted by molar-refractivity contribution is -0.111. The Labute approximate surface area is 186 Å². The lowest BCUT2D eigenvalue weighted by Gasteiger charge is -2.11. The monoisotopic (exact) mass is 448 g/mol. The van der Waals surface area contributed by atoms with E-state index in [1.807, 2.05) is 6.92 Å². The van der Waals surface area contributed by atoms with E-state index in [0.717, 1.165) is 0 Å². The van der Waals surface area contributed by atoms with Crippen molar-refractivity contribution >= 4 is 41.1 Å². The Hall–Kier alpha value is -3.23. The summed E-state index contributed by atoms with van der Waals surface area (Å²) in [5.41, 5.74) is 1.67. The average molecular weight is 449 g/mol. The molecule has 9 heteroatoms. The van der Waals surface area contributed by atoms with Crippen molar-refractivity contribution in [2.24, 2.45) is 0 Å². The van der Waals surface area contributed by atoms with Crippen LogP contribution in [0.2, 0.25) is 5.02 Å². The normalized spacial score (nSPS) is 10.6. The Morgan fingerprint density at radius 1 is 1.06 bits per heavy atom. The summed E-state index contributed by atoms with van der Waals surface area (Å²) in [4.78, 5) is 24.0. The molecule has 0 unspecified atom stereocenters. The Morgan fingerprint density at radius 2 is 1.81 bits per heavy atom. The van der Waals surface area contributed by atoms with E-state index in [1.54, 1.807) is 42.5 Å². The van der Waals surface area contributed by atoms with Crippen LogP contribution in [0.5, 0.6) is 11.5 Å². The van der Waals surface area contributed by atoms with Crippen LogP contribution in [0.1, 0.15) is 12.5 Å². The van der Waals surface area contributed by atoms with E-state index in [-0.39, 0.29) is 12.5 Å². The molecule has 0 aliphatic rings. The van der Waals surface area contributed by atoms with E-state index >= 15 is 0 Å². The van der Waals surface area contributed by atoms with E-state index < -0.39 is 6.09 Å². The molecule has 166 valence electrons. The van der Waals surface area contributed by atoms with Gasteiger partial charge in [0.25, 0.3) is 0 Å². The maximum atomic E-state index is 12.3. The number of hydrogen-bond acceptors (Lipinski definition) is 6. The molecule has 0 saturated heterocycles.